The standard InChI is InChI=1S/C50H46Cl2N2O7/c1-3-44(35-7-5-4-6-8-35)54-28-38-27-47-46(60-30-48(61-47)36-16-20-40(21-17-36)59-29-32-11-22-41(51)42(52)23-32)26-37(38)25-45(54)49(55)53-43(50(56)57)24-31-9-12-33(13-10-31)34-14-18-39(58-2)19-15-34/h4-23,26-27,43-45,48H,3,24-25,28-30H2,1-2H3,(H,53,55)(H,56,57). The first-order valence-corrected chi connectivity index (χ1v) is 21.1. The number of hydrogen-bond donors (Lipinski definition) is 2. The second-order valence-corrected chi connectivity index (χ2v) is 16.2. The van der Waals surface area contributed by atoms with Crippen molar-refractivity contribution in [3.05, 3.63) is 177 Å². The summed E-state index contributed by atoms with van der Waals surface area (Å²) in [6, 6.07) is 41.0. The monoisotopic (exact) mass is 856 g/mol. The first kappa shape index (κ1) is 41.7. The van der Waals surface area contributed by atoms with Gasteiger partial charge in [0.25, 0.3) is 0 Å². The zero-order valence-corrected chi connectivity index (χ0v) is 35.4. The minimum absolute atomic E-state index is 0.0998. The van der Waals surface area contributed by atoms with Crippen LogP contribution in [-0.2, 0) is 35.6 Å². The molecule has 0 aliphatic carbocycles. The summed E-state index contributed by atoms with van der Waals surface area (Å²) in [6.45, 7) is 3.22. The molecule has 2 aliphatic rings. The van der Waals surface area contributed by atoms with Crippen molar-refractivity contribution >= 4 is 35.1 Å². The highest BCUT2D eigenvalue weighted by Crippen LogP contribution is 2.43. The number of carbonyl (C=O) groups excluding carboxylic acids is 1. The lowest BCUT2D eigenvalue weighted by molar-refractivity contribution is -0.143. The average molecular weight is 858 g/mol. The van der Waals surface area contributed by atoms with E-state index in [1.54, 1.807) is 19.2 Å². The number of carbonyl (C=O) groups is 2. The van der Waals surface area contributed by atoms with Gasteiger partial charge in [-0.15, -0.1) is 0 Å². The maximum absolute atomic E-state index is 14.4. The Morgan fingerprint density at radius 2 is 1.48 bits per heavy atom. The van der Waals surface area contributed by atoms with Crippen LogP contribution < -0.4 is 24.3 Å². The highest BCUT2D eigenvalue weighted by atomic mass is 35.5. The molecule has 11 heteroatoms. The average Bonchev–Trinajstić information content (AvgIpc) is 3.29. The van der Waals surface area contributed by atoms with E-state index in [-0.39, 0.29) is 24.5 Å². The number of rotatable bonds is 14. The summed E-state index contributed by atoms with van der Waals surface area (Å²) in [6.07, 6.45) is 0.910. The maximum Gasteiger partial charge on any atom is 0.326 e. The van der Waals surface area contributed by atoms with Gasteiger partial charge in [0.2, 0.25) is 5.91 Å². The van der Waals surface area contributed by atoms with Crippen molar-refractivity contribution < 1.29 is 33.6 Å². The summed E-state index contributed by atoms with van der Waals surface area (Å²) in [5, 5.41) is 14.3. The lowest BCUT2D eigenvalue weighted by Gasteiger charge is -2.42. The van der Waals surface area contributed by atoms with Crippen LogP contribution in [0, 0.1) is 0 Å². The van der Waals surface area contributed by atoms with Crippen LogP contribution >= 0.6 is 23.2 Å². The molecule has 4 unspecified atom stereocenters. The molecule has 2 N–H and O–H groups in total. The van der Waals surface area contributed by atoms with Gasteiger partial charge < -0.3 is 29.4 Å². The SMILES string of the molecule is CCC(c1ccccc1)N1Cc2cc3c(cc2CC1C(=O)NC(Cc1ccc(-c2ccc(OC)cc2)cc1)C(=O)O)OCC(c1ccc(OCc2ccc(Cl)c(Cl)c2)cc1)O3. The van der Waals surface area contributed by atoms with Gasteiger partial charge in [-0.2, -0.15) is 0 Å². The molecule has 0 fully saturated rings. The van der Waals surface area contributed by atoms with Gasteiger partial charge in [-0.3, -0.25) is 9.69 Å². The van der Waals surface area contributed by atoms with Gasteiger partial charge in [-0.1, -0.05) is 115 Å². The van der Waals surface area contributed by atoms with Crippen molar-refractivity contribution in [1.29, 1.82) is 0 Å². The largest absolute Gasteiger partial charge is 0.497 e. The zero-order valence-electron chi connectivity index (χ0n) is 33.9. The number of fused-ring (bicyclic) bond motifs is 2. The highest BCUT2D eigenvalue weighted by molar-refractivity contribution is 6.42. The molecule has 61 heavy (non-hydrogen) atoms. The fraction of sp³-hybridized carbons (Fsp3) is 0.240. The molecule has 8 rings (SSSR count). The van der Waals surface area contributed by atoms with E-state index in [0.717, 1.165) is 56.7 Å². The van der Waals surface area contributed by atoms with Crippen molar-refractivity contribution in [3.63, 3.8) is 0 Å². The number of carboxylic acid groups (broad SMARTS) is 1. The molecule has 0 saturated carbocycles. The van der Waals surface area contributed by atoms with Crippen LogP contribution in [0.4, 0.5) is 0 Å². The van der Waals surface area contributed by atoms with Gasteiger partial charge in [-0.25, -0.2) is 4.79 Å². The fourth-order valence-electron chi connectivity index (χ4n) is 8.14. The molecule has 6 aromatic rings. The number of hydrogen-bond acceptors (Lipinski definition) is 7. The minimum atomic E-state index is -1.13. The van der Waals surface area contributed by atoms with Gasteiger partial charge in [0.15, 0.2) is 17.6 Å². The molecular weight excluding hydrogens is 811 g/mol. The third kappa shape index (κ3) is 9.65. The van der Waals surface area contributed by atoms with Crippen molar-refractivity contribution in [1.82, 2.24) is 10.2 Å². The van der Waals surface area contributed by atoms with E-state index in [1.807, 2.05) is 109 Å². The molecule has 312 valence electrons. The number of aliphatic carboxylic acids is 1. The van der Waals surface area contributed by atoms with Crippen LogP contribution in [0.3, 0.4) is 0 Å². The third-order valence-electron chi connectivity index (χ3n) is 11.4. The van der Waals surface area contributed by atoms with Gasteiger partial charge in [0.05, 0.1) is 23.2 Å². The van der Waals surface area contributed by atoms with E-state index in [9.17, 15) is 14.7 Å². The summed E-state index contributed by atoms with van der Waals surface area (Å²) in [5.74, 6) is 1.30. The molecule has 0 spiro atoms. The van der Waals surface area contributed by atoms with Crippen LogP contribution in [0.25, 0.3) is 11.1 Å². The molecule has 0 bridgehead atoms. The Labute approximate surface area is 365 Å². The van der Waals surface area contributed by atoms with Crippen molar-refractivity contribution in [2.75, 3.05) is 13.7 Å². The first-order chi connectivity index (χ1) is 29.6. The first-order valence-electron chi connectivity index (χ1n) is 20.3. The van der Waals surface area contributed by atoms with Crippen molar-refractivity contribution in [2.24, 2.45) is 0 Å². The summed E-state index contributed by atoms with van der Waals surface area (Å²) < 4.78 is 24.1. The number of nitrogens with zero attached hydrogens (tertiary/aromatic N) is 1. The molecule has 2 heterocycles. The van der Waals surface area contributed by atoms with E-state index >= 15 is 0 Å². The van der Waals surface area contributed by atoms with E-state index in [2.05, 4.69) is 29.3 Å². The molecule has 0 radical (unpaired) electrons. The van der Waals surface area contributed by atoms with Gasteiger partial charge in [0, 0.05) is 19.0 Å². The second-order valence-electron chi connectivity index (χ2n) is 15.3. The van der Waals surface area contributed by atoms with Crippen molar-refractivity contribution in [3.8, 4) is 34.1 Å². The van der Waals surface area contributed by atoms with E-state index in [4.69, 9.17) is 42.1 Å². The zero-order chi connectivity index (χ0) is 42.5. The van der Waals surface area contributed by atoms with E-state index < -0.39 is 18.1 Å². The molecular formula is C50H46Cl2N2O7. The minimum Gasteiger partial charge on any atom is -0.497 e. The van der Waals surface area contributed by atoms with Gasteiger partial charge in [-0.05, 0) is 106 Å². The van der Waals surface area contributed by atoms with Crippen LogP contribution in [-0.4, -0.2) is 47.7 Å². The number of nitrogens with one attached hydrogen (secondary N) is 1. The maximum atomic E-state index is 14.4. The summed E-state index contributed by atoms with van der Waals surface area (Å²) in [7, 11) is 1.63. The van der Waals surface area contributed by atoms with Gasteiger partial charge in [0.1, 0.15) is 30.8 Å². The van der Waals surface area contributed by atoms with Gasteiger partial charge >= 0.3 is 5.97 Å². The smallest absolute Gasteiger partial charge is 0.326 e. The third-order valence-corrected chi connectivity index (χ3v) is 12.2. The number of carboxylic acids is 1. The Morgan fingerprint density at radius 1 is 0.803 bits per heavy atom. The van der Waals surface area contributed by atoms with E-state index in [1.165, 1.54) is 0 Å². The fourth-order valence-corrected chi connectivity index (χ4v) is 8.46. The molecule has 6 aromatic carbocycles. The molecule has 9 nitrogen and oxygen atoms in total. The van der Waals surface area contributed by atoms with Crippen LogP contribution in [0.15, 0.2) is 133 Å². The quantitative estimate of drug-likeness (QED) is 0.112. The Bertz CT molecular complexity index is 2480. The number of methoxy groups -OCH3 is 1. The van der Waals surface area contributed by atoms with Crippen LogP contribution in [0.5, 0.6) is 23.0 Å². The van der Waals surface area contributed by atoms with Crippen LogP contribution in [0.1, 0.15) is 58.9 Å². The normalized spacial score (nSPS) is 16.8. The Balaban J connectivity index is 0.985. The topological polar surface area (TPSA) is 107 Å². The van der Waals surface area contributed by atoms with Crippen molar-refractivity contribution in [2.45, 2.75) is 63.6 Å². The lowest BCUT2D eigenvalue weighted by Crippen LogP contribution is -2.55. The Morgan fingerprint density at radius 3 is 2.15 bits per heavy atom. The Hall–Kier alpha value is -6.00. The molecule has 1 amide bonds. The number of amides is 1. The Kier molecular flexibility index (Phi) is 12.8. The molecule has 0 saturated heterocycles. The number of ether oxygens (including phenoxy) is 4. The predicted molar refractivity (Wildman–Crippen MR) is 237 cm³/mol. The summed E-state index contributed by atoms with van der Waals surface area (Å²) in [4.78, 5) is 29.3. The van der Waals surface area contributed by atoms with E-state index in [0.29, 0.717) is 53.5 Å². The van der Waals surface area contributed by atoms with Crippen LogP contribution in [0.2, 0.25) is 10.0 Å². The predicted octanol–water partition coefficient (Wildman–Crippen LogP) is 10.5. The molecule has 0 aromatic heterocycles. The summed E-state index contributed by atoms with van der Waals surface area (Å²) >= 11 is 12.2. The lowest BCUT2D eigenvalue weighted by atomic mass is 9.89. The summed E-state index contributed by atoms with van der Waals surface area (Å²) in [5.41, 5.74) is 7.75. The number of benzene rings is 6. The second kappa shape index (κ2) is 18.7. The highest BCUT2D eigenvalue weighted by Gasteiger charge is 2.39. The number of halogens is 2. The molecule has 2 aliphatic heterocycles. The molecule has 4 atom stereocenters.